The van der Waals surface area contributed by atoms with Crippen LogP contribution < -0.4 is 9.47 Å². The van der Waals surface area contributed by atoms with Gasteiger partial charge in [0.25, 0.3) is 0 Å². The number of benzene rings is 2. The molecule has 2 aromatic rings. The molecule has 0 bridgehead atoms. The summed E-state index contributed by atoms with van der Waals surface area (Å²) in [5.74, 6) is 0.351. The highest BCUT2D eigenvalue weighted by Gasteiger charge is 2.26. The van der Waals surface area contributed by atoms with E-state index in [1.54, 1.807) is 42.5 Å². The fraction of sp³-hybridized carbons (Fsp3) is 0.143. The van der Waals surface area contributed by atoms with E-state index in [-0.39, 0.29) is 18.2 Å². The van der Waals surface area contributed by atoms with Crippen molar-refractivity contribution in [3.05, 3.63) is 74.9 Å². The molecule has 0 saturated carbocycles. The molecule has 0 fully saturated rings. The molecule has 0 saturated heterocycles. The second kappa shape index (κ2) is 9.35. The van der Waals surface area contributed by atoms with Gasteiger partial charge in [0.05, 0.1) is 22.2 Å². The molecule has 150 valence electrons. The van der Waals surface area contributed by atoms with Gasteiger partial charge in [-0.05, 0) is 48.9 Å². The van der Waals surface area contributed by atoms with E-state index in [0.717, 1.165) is 0 Å². The highest BCUT2D eigenvalue weighted by atomic mass is 35.5. The largest absolute Gasteiger partial charge is 0.490 e. The second-order valence-corrected chi connectivity index (χ2v) is 7.07. The SMILES string of the molecule is C=CCOc1c(Cl)cc(/C=C2\N=C(c3ccc(Cl)cc3Cl)OC2=O)cc1OCC. The van der Waals surface area contributed by atoms with Crippen molar-refractivity contribution >= 4 is 52.7 Å². The molecule has 1 aliphatic heterocycles. The van der Waals surface area contributed by atoms with Crippen molar-refractivity contribution in [2.75, 3.05) is 13.2 Å². The first-order valence-electron chi connectivity index (χ1n) is 8.61. The molecule has 2 aromatic carbocycles. The Morgan fingerprint density at radius 2 is 1.93 bits per heavy atom. The van der Waals surface area contributed by atoms with E-state index >= 15 is 0 Å². The van der Waals surface area contributed by atoms with Crippen molar-refractivity contribution < 1.29 is 19.0 Å². The predicted octanol–water partition coefficient (Wildman–Crippen LogP) is 5.95. The number of cyclic esters (lactones) is 1. The van der Waals surface area contributed by atoms with Crippen LogP contribution in [0, 0.1) is 0 Å². The molecule has 5 nitrogen and oxygen atoms in total. The molecular weight excluding hydrogens is 437 g/mol. The maximum absolute atomic E-state index is 12.3. The highest BCUT2D eigenvalue weighted by Crippen LogP contribution is 2.37. The molecule has 0 unspecified atom stereocenters. The minimum atomic E-state index is -0.605. The lowest BCUT2D eigenvalue weighted by Gasteiger charge is -2.13. The summed E-state index contributed by atoms with van der Waals surface area (Å²) < 4.78 is 16.4. The van der Waals surface area contributed by atoms with Crippen LogP contribution in [0.25, 0.3) is 6.08 Å². The molecule has 0 N–H and O–H groups in total. The van der Waals surface area contributed by atoms with Crippen LogP contribution in [0.15, 0.2) is 53.7 Å². The maximum Gasteiger partial charge on any atom is 0.363 e. The summed E-state index contributed by atoms with van der Waals surface area (Å²) >= 11 is 18.4. The van der Waals surface area contributed by atoms with E-state index in [0.29, 0.717) is 44.3 Å². The Bertz CT molecular complexity index is 1030. The molecule has 1 heterocycles. The zero-order valence-corrected chi connectivity index (χ0v) is 17.6. The minimum Gasteiger partial charge on any atom is -0.490 e. The third kappa shape index (κ3) is 4.93. The average molecular weight is 453 g/mol. The molecule has 0 amide bonds. The Hall–Kier alpha value is -2.47. The monoisotopic (exact) mass is 451 g/mol. The van der Waals surface area contributed by atoms with Crippen LogP contribution >= 0.6 is 34.8 Å². The number of carbonyl (C=O) groups is 1. The molecule has 0 aromatic heterocycles. The van der Waals surface area contributed by atoms with Crippen LogP contribution in [0.1, 0.15) is 18.1 Å². The number of carbonyl (C=O) groups excluding carboxylic acids is 1. The minimum absolute atomic E-state index is 0.101. The van der Waals surface area contributed by atoms with E-state index in [9.17, 15) is 4.79 Å². The number of hydrogen-bond donors (Lipinski definition) is 0. The number of rotatable bonds is 7. The van der Waals surface area contributed by atoms with Gasteiger partial charge in [-0.1, -0.05) is 47.5 Å². The van der Waals surface area contributed by atoms with Crippen LogP contribution in [0.2, 0.25) is 15.1 Å². The number of halogens is 3. The van der Waals surface area contributed by atoms with Gasteiger partial charge in [0.15, 0.2) is 17.2 Å². The molecule has 1 aliphatic rings. The summed E-state index contributed by atoms with van der Waals surface area (Å²) in [6, 6.07) is 8.17. The van der Waals surface area contributed by atoms with Gasteiger partial charge in [0, 0.05) is 5.02 Å². The van der Waals surface area contributed by atoms with E-state index in [2.05, 4.69) is 11.6 Å². The molecule has 0 atom stereocenters. The topological polar surface area (TPSA) is 57.1 Å². The molecule has 0 aliphatic carbocycles. The number of nitrogens with zero attached hydrogens (tertiary/aromatic N) is 1. The van der Waals surface area contributed by atoms with Gasteiger partial charge in [0.1, 0.15) is 6.61 Å². The Kier molecular flexibility index (Phi) is 6.85. The fourth-order valence-electron chi connectivity index (χ4n) is 2.56. The third-order valence-electron chi connectivity index (χ3n) is 3.76. The van der Waals surface area contributed by atoms with Gasteiger partial charge >= 0.3 is 5.97 Å². The highest BCUT2D eigenvalue weighted by molar-refractivity contribution is 6.37. The smallest absolute Gasteiger partial charge is 0.363 e. The molecule has 3 rings (SSSR count). The van der Waals surface area contributed by atoms with Crippen molar-refractivity contribution in [3.8, 4) is 11.5 Å². The van der Waals surface area contributed by atoms with Gasteiger partial charge in [-0.2, -0.15) is 0 Å². The first kappa shape index (κ1) is 21.2. The number of aliphatic imine (C=N–C) groups is 1. The zero-order chi connectivity index (χ0) is 21.0. The summed E-state index contributed by atoms with van der Waals surface area (Å²) in [5.41, 5.74) is 1.17. The normalized spacial score (nSPS) is 14.6. The summed E-state index contributed by atoms with van der Waals surface area (Å²) in [4.78, 5) is 16.5. The number of ether oxygens (including phenoxy) is 3. The Labute approximate surface area is 183 Å². The molecule has 0 spiro atoms. The van der Waals surface area contributed by atoms with Crippen LogP contribution in [0.3, 0.4) is 0 Å². The predicted molar refractivity (Wildman–Crippen MR) is 115 cm³/mol. The van der Waals surface area contributed by atoms with Gasteiger partial charge < -0.3 is 14.2 Å². The van der Waals surface area contributed by atoms with Crippen LogP contribution in [-0.2, 0) is 9.53 Å². The summed E-state index contributed by atoms with van der Waals surface area (Å²) in [7, 11) is 0. The van der Waals surface area contributed by atoms with Crippen molar-refractivity contribution in [1.82, 2.24) is 0 Å². The van der Waals surface area contributed by atoms with Gasteiger partial charge in [-0.15, -0.1) is 0 Å². The number of hydrogen-bond acceptors (Lipinski definition) is 5. The second-order valence-electron chi connectivity index (χ2n) is 5.82. The lowest BCUT2D eigenvalue weighted by atomic mass is 10.1. The lowest BCUT2D eigenvalue weighted by molar-refractivity contribution is -0.129. The van der Waals surface area contributed by atoms with Crippen LogP contribution in [-0.4, -0.2) is 25.1 Å². The van der Waals surface area contributed by atoms with Crippen molar-refractivity contribution in [2.24, 2.45) is 4.99 Å². The Morgan fingerprint density at radius 3 is 2.62 bits per heavy atom. The van der Waals surface area contributed by atoms with E-state index < -0.39 is 5.97 Å². The standard InChI is InChI=1S/C21H16Cl3NO4/c1-3-7-28-19-16(24)8-12(10-18(19)27-4-2)9-17-21(26)29-20(25-17)14-6-5-13(22)11-15(14)23/h3,5-6,8-11H,1,4,7H2,2H3/b17-9-. The van der Waals surface area contributed by atoms with Gasteiger partial charge in [-0.3, -0.25) is 0 Å². The van der Waals surface area contributed by atoms with Crippen LogP contribution in [0.5, 0.6) is 11.5 Å². The van der Waals surface area contributed by atoms with E-state index in [1.165, 1.54) is 0 Å². The van der Waals surface area contributed by atoms with Gasteiger partial charge in [0.2, 0.25) is 5.90 Å². The molecule has 29 heavy (non-hydrogen) atoms. The van der Waals surface area contributed by atoms with Crippen LogP contribution in [0.4, 0.5) is 0 Å². The average Bonchev–Trinajstić information content (AvgIpc) is 3.01. The van der Waals surface area contributed by atoms with E-state index in [1.807, 2.05) is 6.92 Å². The first-order chi connectivity index (χ1) is 13.9. The Morgan fingerprint density at radius 1 is 1.14 bits per heavy atom. The quantitative estimate of drug-likeness (QED) is 0.296. The summed E-state index contributed by atoms with van der Waals surface area (Å²) in [5, 5.41) is 1.13. The van der Waals surface area contributed by atoms with Crippen molar-refractivity contribution in [3.63, 3.8) is 0 Å². The van der Waals surface area contributed by atoms with Crippen molar-refractivity contribution in [1.29, 1.82) is 0 Å². The molecular formula is C21H16Cl3NO4. The maximum atomic E-state index is 12.3. The fourth-order valence-corrected chi connectivity index (χ4v) is 3.32. The van der Waals surface area contributed by atoms with E-state index in [4.69, 9.17) is 49.0 Å². The zero-order valence-electron chi connectivity index (χ0n) is 15.4. The molecule has 0 radical (unpaired) electrons. The summed E-state index contributed by atoms with van der Waals surface area (Å²) in [6.45, 7) is 6.16. The molecule has 8 heteroatoms. The first-order valence-corrected chi connectivity index (χ1v) is 9.74. The Balaban J connectivity index is 1.97. The number of esters is 1. The lowest BCUT2D eigenvalue weighted by Crippen LogP contribution is -2.06. The summed E-state index contributed by atoms with van der Waals surface area (Å²) in [6.07, 6.45) is 3.15. The van der Waals surface area contributed by atoms with Gasteiger partial charge in [-0.25, -0.2) is 9.79 Å². The third-order valence-corrected chi connectivity index (χ3v) is 4.59. The van der Waals surface area contributed by atoms with Crippen molar-refractivity contribution in [2.45, 2.75) is 6.92 Å².